The fourth-order valence-electron chi connectivity index (χ4n) is 2.33. The van der Waals surface area contributed by atoms with E-state index in [4.69, 9.17) is 0 Å². The largest absolute Gasteiger partial charge is 0.336 e. The minimum Gasteiger partial charge on any atom is -0.336 e. The van der Waals surface area contributed by atoms with Gasteiger partial charge in [-0.15, -0.1) is 0 Å². The van der Waals surface area contributed by atoms with Gasteiger partial charge in [0.25, 0.3) is 0 Å². The zero-order chi connectivity index (χ0) is 12.4. The molecule has 1 aliphatic rings. The first-order valence-electron chi connectivity index (χ1n) is 6.38. The molecule has 0 bridgehead atoms. The first-order chi connectivity index (χ1) is 8.08. The van der Waals surface area contributed by atoms with Crippen molar-refractivity contribution in [2.75, 3.05) is 24.5 Å². The van der Waals surface area contributed by atoms with E-state index in [1.807, 2.05) is 19.2 Å². The van der Waals surface area contributed by atoms with Gasteiger partial charge in [-0.05, 0) is 33.8 Å². The van der Waals surface area contributed by atoms with Gasteiger partial charge in [-0.1, -0.05) is 0 Å². The summed E-state index contributed by atoms with van der Waals surface area (Å²) in [5.41, 5.74) is 1.04. The second-order valence-corrected chi connectivity index (χ2v) is 5.13. The molecule has 2 heterocycles. The standard InChI is InChI=1S/C13H22N4/c1-10(2)16-7-8-17(12(4)9-16)13-14-6-5-11(3)15-13/h5-6,10,12H,7-9H2,1-4H3/t12-/m0/s1. The zero-order valence-electron chi connectivity index (χ0n) is 11.2. The minimum absolute atomic E-state index is 0.480. The molecule has 1 aromatic heterocycles. The maximum atomic E-state index is 4.51. The molecular weight excluding hydrogens is 212 g/mol. The van der Waals surface area contributed by atoms with Crippen LogP contribution in [0.1, 0.15) is 26.5 Å². The van der Waals surface area contributed by atoms with Gasteiger partial charge in [-0.3, -0.25) is 4.90 Å². The number of aromatic nitrogens is 2. The summed E-state index contributed by atoms with van der Waals surface area (Å²) in [5, 5.41) is 0. The highest BCUT2D eigenvalue weighted by atomic mass is 15.3. The van der Waals surface area contributed by atoms with Crippen LogP contribution >= 0.6 is 0 Å². The molecule has 2 rings (SSSR count). The number of piperazine rings is 1. The molecule has 0 N–H and O–H groups in total. The van der Waals surface area contributed by atoms with E-state index in [-0.39, 0.29) is 0 Å². The lowest BCUT2D eigenvalue weighted by Gasteiger charge is -2.41. The molecule has 0 aromatic carbocycles. The van der Waals surface area contributed by atoms with E-state index in [0.717, 1.165) is 31.3 Å². The topological polar surface area (TPSA) is 32.3 Å². The van der Waals surface area contributed by atoms with Gasteiger partial charge in [0.15, 0.2) is 0 Å². The minimum atomic E-state index is 0.480. The summed E-state index contributed by atoms with van der Waals surface area (Å²) in [7, 11) is 0. The normalized spacial score (nSPS) is 22.2. The maximum absolute atomic E-state index is 4.51. The third-order valence-electron chi connectivity index (χ3n) is 3.43. The van der Waals surface area contributed by atoms with E-state index in [1.54, 1.807) is 0 Å². The molecule has 0 aliphatic carbocycles. The van der Waals surface area contributed by atoms with E-state index < -0.39 is 0 Å². The van der Waals surface area contributed by atoms with E-state index in [9.17, 15) is 0 Å². The van der Waals surface area contributed by atoms with Gasteiger partial charge in [0.2, 0.25) is 5.95 Å². The number of anilines is 1. The Kier molecular flexibility index (Phi) is 3.62. The lowest BCUT2D eigenvalue weighted by Crippen LogP contribution is -2.54. The number of rotatable bonds is 2. The van der Waals surface area contributed by atoms with E-state index in [1.165, 1.54) is 0 Å². The average molecular weight is 234 g/mol. The van der Waals surface area contributed by atoms with Crippen molar-refractivity contribution in [2.45, 2.75) is 39.8 Å². The van der Waals surface area contributed by atoms with Crippen molar-refractivity contribution in [1.29, 1.82) is 0 Å². The van der Waals surface area contributed by atoms with Crippen molar-refractivity contribution in [3.63, 3.8) is 0 Å². The van der Waals surface area contributed by atoms with Crippen molar-refractivity contribution < 1.29 is 0 Å². The van der Waals surface area contributed by atoms with Crippen LogP contribution in [0.4, 0.5) is 5.95 Å². The molecule has 0 unspecified atom stereocenters. The number of hydrogen-bond donors (Lipinski definition) is 0. The van der Waals surface area contributed by atoms with Crippen LogP contribution in [0.3, 0.4) is 0 Å². The molecule has 17 heavy (non-hydrogen) atoms. The Labute approximate surface area is 104 Å². The second-order valence-electron chi connectivity index (χ2n) is 5.13. The predicted molar refractivity (Wildman–Crippen MR) is 70.3 cm³/mol. The SMILES string of the molecule is Cc1ccnc(N2CCN(C(C)C)C[C@@H]2C)n1. The van der Waals surface area contributed by atoms with Crippen LogP contribution in [0, 0.1) is 6.92 Å². The molecule has 1 fully saturated rings. The Morgan fingerprint density at radius 2 is 2.12 bits per heavy atom. The van der Waals surface area contributed by atoms with Crippen LogP contribution < -0.4 is 4.90 Å². The highest BCUT2D eigenvalue weighted by Crippen LogP contribution is 2.17. The van der Waals surface area contributed by atoms with Crippen LogP contribution in [0.2, 0.25) is 0 Å². The van der Waals surface area contributed by atoms with Gasteiger partial charge in [-0.25, -0.2) is 9.97 Å². The summed E-state index contributed by atoms with van der Waals surface area (Å²) in [6, 6.07) is 3.05. The highest BCUT2D eigenvalue weighted by Gasteiger charge is 2.26. The molecular formula is C13H22N4. The van der Waals surface area contributed by atoms with Crippen LogP contribution in [0.25, 0.3) is 0 Å². The lowest BCUT2D eigenvalue weighted by atomic mass is 10.1. The fourth-order valence-corrected chi connectivity index (χ4v) is 2.33. The molecule has 0 saturated carbocycles. The van der Waals surface area contributed by atoms with E-state index in [0.29, 0.717) is 12.1 Å². The van der Waals surface area contributed by atoms with E-state index >= 15 is 0 Å². The van der Waals surface area contributed by atoms with Crippen molar-refractivity contribution in [1.82, 2.24) is 14.9 Å². The molecule has 1 saturated heterocycles. The van der Waals surface area contributed by atoms with Crippen LogP contribution in [-0.4, -0.2) is 46.6 Å². The monoisotopic (exact) mass is 234 g/mol. The average Bonchev–Trinajstić information content (AvgIpc) is 2.28. The van der Waals surface area contributed by atoms with Gasteiger partial charge in [-0.2, -0.15) is 0 Å². The molecule has 1 aliphatic heterocycles. The number of aryl methyl sites for hydroxylation is 1. The summed E-state index contributed by atoms with van der Waals surface area (Å²) >= 11 is 0. The third kappa shape index (κ3) is 2.75. The van der Waals surface area contributed by atoms with Crippen LogP contribution in [0.15, 0.2) is 12.3 Å². The number of nitrogens with zero attached hydrogens (tertiary/aromatic N) is 4. The molecule has 94 valence electrons. The highest BCUT2D eigenvalue weighted by molar-refractivity contribution is 5.32. The molecule has 0 radical (unpaired) electrons. The Morgan fingerprint density at radius 3 is 2.71 bits per heavy atom. The molecule has 4 nitrogen and oxygen atoms in total. The van der Waals surface area contributed by atoms with Crippen molar-refractivity contribution in [3.8, 4) is 0 Å². The van der Waals surface area contributed by atoms with Crippen molar-refractivity contribution in [2.24, 2.45) is 0 Å². The maximum Gasteiger partial charge on any atom is 0.225 e. The predicted octanol–water partition coefficient (Wildman–Crippen LogP) is 1.70. The Balaban J connectivity index is 2.09. The molecule has 4 heteroatoms. The molecule has 0 spiro atoms. The summed E-state index contributed by atoms with van der Waals surface area (Å²) in [4.78, 5) is 13.7. The summed E-state index contributed by atoms with van der Waals surface area (Å²) in [6.45, 7) is 12.0. The first kappa shape index (κ1) is 12.3. The van der Waals surface area contributed by atoms with Crippen LogP contribution in [-0.2, 0) is 0 Å². The number of hydrogen-bond acceptors (Lipinski definition) is 4. The van der Waals surface area contributed by atoms with E-state index in [2.05, 4.69) is 40.5 Å². The quantitative estimate of drug-likeness (QED) is 0.779. The Bertz CT molecular complexity index is 377. The smallest absolute Gasteiger partial charge is 0.225 e. The van der Waals surface area contributed by atoms with Crippen molar-refractivity contribution in [3.05, 3.63) is 18.0 Å². The molecule has 0 amide bonds. The lowest BCUT2D eigenvalue weighted by molar-refractivity contribution is 0.184. The summed E-state index contributed by atoms with van der Waals surface area (Å²) < 4.78 is 0. The fraction of sp³-hybridized carbons (Fsp3) is 0.692. The zero-order valence-corrected chi connectivity index (χ0v) is 11.2. The summed E-state index contributed by atoms with van der Waals surface area (Å²) in [5.74, 6) is 0.876. The van der Waals surface area contributed by atoms with Gasteiger partial charge in [0, 0.05) is 43.6 Å². The van der Waals surface area contributed by atoms with Gasteiger partial charge >= 0.3 is 0 Å². The Morgan fingerprint density at radius 1 is 1.35 bits per heavy atom. The van der Waals surface area contributed by atoms with Gasteiger partial charge in [0.1, 0.15) is 0 Å². The van der Waals surface area contributed by atoms with Crippen molar-refractivity contribution >= 4 is 5.95 Å². The second kappa shape index (κ2) is 5.00. The Hall–Kier alpha value is -1.16. The van der Waals surface area contributed by atoms with Crippen LogP contribution in [0.5, 0.6) is 0 Å². The first-order valence-corrected chi connectivity index (χ1v) is 6.38. The molecule has 1 aromatic rings. The van der Waals surface area contributed by atoms with Gasteiger partial charge in [0.05, 0.1) is 0 Å². The third-order valence-corrected chi connectivity index (χ3v) is 3.43. The van der Waals surface area contributed by atoms with Gasteiger partial charge < -0.3 is 4.90 Å². The molecule has 1 atom stereocenters. The summed E-state index contributed by atoms with van der Waals surface area (Å²) in [6.07, 6.45) is 1.85.